The number of hydrogen-bond acceptors (Lipinski definition) is 4. The number of carbonyl (C=O) groups is 1. The molecule has 16 heavy (non-hydrogen) atoms. The number of rotatable bonds is 7. The first-order chi connectivity index (χ1) is 7.50. The van der Waals surface area contributed by atoms with Crippen LogP contribution in [0.1, 0.15) is 33.1 Å². The van der Waals surface area contributed by atoms with Gasteiger partial charge in [-0.1, -0.05) is 19.4 Å². The van der Waals surface area contributed by atoms with Gasteiger partial charge in [-0.15, -0.1) is 0 Å². The highest BCUT2D eigenvalue weighted by molar-refractivity contribution is 7.58. The highest BCUT2D eigenvalue weighted by Gasteiger charge is 2.28. The van der Waals surface area contributed by atoms with Gasteiger partial charge in [0, 0.05) is 21.1 Å². The lowest BCUT2D eigenvalue weighted by Crippen LogP contribution is -2.20. The van der Waals surface area contributed by atoms with Gasteiger partial charge in [0.05, 0.1) is 0 Å². The molecule has 1 amide bonds. The second-order valence-electron chi connectivity index (χ2n) is 3.28. The Kier molecular flexibility index (Phi) is 7.30. The average molecular weight is 249 g/mol. The molecule has 0 rings (SSSR count). The molecule has 0 aliphatic carbocycles. The molecule has 6 heteroatoms. The van der Waals surface area contributed by atoms with Crippen LogP contribution in [-0.2, 0) is 18.4 Å². The van der Waals surface area contributed by atoms with E-state index in [1.807, 2.05) is 0 Å². The molecule has 0 saturated carbocycles. The molecular weight excluding hydrogens is 229 g/mol. The third-order valence-corrected chi connectivity index (χ3v) is 3.82. The van der Waals surface area contributed by atoms with Crippen molar-refractivity contribution in [2.24, 2.45) is 0 Å². The maximum absolute atomic E-state index is 12.1. The molecule has 1 N–H and O–H groups in total. The number of nitrogens with one attached hydrogen (secondary N) is 1. The molecule has 0 fully saturated rings. The van der Waals surface area contributed by atoms with Crippen LogP contribution >= 0.6 is 7.60 Å². The van der Waals surface area contributed by atoms with Gasteiger partial charge in [-0.2, -0.15) is 0 Å². The summed E-state index contributed by atoms with van der Waals surface area (Å²) in [7, 11) is -0.773. The molecule has 0 radical (unpaired) electrons. The van der Waals surface area contributed by atoms with Crippen molar-refractivity contribution in [2.45, 2.75) is 33.1 Å². The second kappa shape index (κ2) is 7.60. The van der Waals surface area contributed by atoms with E-state index in [4.69, 9.17) is 9.05 Å². The second-order valence-corrected chi connectivity index (χ2v) is 5.48. The molecule has 5 nitrogen and oxygen atoms in total. The smallest absolute Gasteiger partial charge is 0.320 e. The van der Waals surface area contributed by atoms with Crippen molar-refractivity contribution in [3.63, 3.8) is 0 Å². The predicted octanol–water partition coefficient (Wildman–Crippen LogP) is 2.64. The molecule has 0 unspecified atom stereocenters. The van der Waals surface area contributed by atoms with E-state index in [2.05, 4.69) is 12.2 Å². The molecular formula is C10H20NO4P. The third kappa shape index (κ3) is 4.92. The van der Waals surface area contributed by atoms with Gasteiger partial charge in [0.2, 0.25) is 5.91 Å². The van der Waals surface area contributed by atoms with Gasteiger partial charge >= 0.3 is 7.60 Å². The summed E-state index contributed by atoms with van der Waals surface area (Å²) in [5.41, 5.74) is 0.221. The molecule has 0 heterocycles. The zero-order valence-electron chi connectivity index (χ0n) is 10.3. The molecule has 0 saturated heterocycles. The van der Waals surface area contributed by atoms with E-state index in [0.29, 0.717) is 0 Å². The summed E-state index contributed by atoms with van der Waals surface area (Å²) in [6.07, 6.45) is 4.39. The van der Waals surface area contributed by atoms with E-state index in [-0.39, 0.29) is 11.3 Å². The minimum absolute atomic E-state index is 0.221. The van der Waals surface area contributed by atoms with E-state index in [0.717, 1.165) is 19.3 Å². The Morgan fingerprint density at radius 2 is 1.94 bits per heavy atom. The summed E-state index contributed by atoms with van der Waals surface area (Å²) in [5, 5.41) is 2.49. The van der Waals surface area contributed by atoms with Gasteiger partial charge in [0.1, 0.15) is 5.44 Å². The molecule has 0 spiro atoms. The quantitative estimate of drug-likeness (QED) is 0.556. The van der Waals surface area contributed by atoms with Crippen molar-refractivity contribution in [3.8, 4) is 0 Å². The Balaban J connectivity index is 4.84. The SMILES string of the molecule is CCCC/C=C(\NC(C)=O)P(=O)(OC)OC. The molecule has 0 aromatic rings. The van der Waals surface area contributed by atoms with Crippen LogP contribution < -0.4 is 5.32 Å². The predicted molar refractivity (Wildman–Crippen MR) is 63.0 cm³/mol. The van der Waals surface area contributed by atoms with Crippen molar-refractivity contribution in [2.75, 3.05) is 14.2 Å². The van der Waals surface area contributed by atoms with Crippen LogP contribution in [0.4, 0.5) is 0 Å². The first kappa shape index (κ1) is 15.4. The topological polar surface area (TPSA) is 64.6 Å². The van der Waals surface area contributed by atoms with Crippen molar-refractivity contribution in [1.82, 2.24) is 5.32 Å². The van der Waals surface area contributed by atoms with Crippen molar-refractivity contribution in [3.05, 3.63) is 11.5 Å². The Hall–Kier alpha value is -0.640. The molecule has 0 aromatic carbocycles. The lowest BCUT2D eigenvalue weighted by molar-refractivity contribution is -0.118. The molecule has 0 bridgehead atoms. The van der Waals surface area contributed by atoms with Gasteiger partial charge in [-0.25, -0.2) is 0 Å². The number of hydrogen-bond donors (Lipinski definition) is 1. The van der Waals surface area contributed by atoms with E-state index >= 15 is 0 Å². The fourth-order valence-electron chi connectivity index (χ4n) is 1.13. The Morgan fingerprint density at radius 3 is 2.31 bits per heavy atom. The summed E-state index contributed by atoms with van der Waals surface area (Å²) >= 11 is 0. The van der Waals surface area contributed by atoms with E-state index < -0.39 is 7.60 Å². The lowest BCUT2D eigenvalue weighted by atomic mass is 10.2. The fraction of sp³-hybridized carbons (Fsp3) is 0.700. The Morgan fingerprint density at radius 1 is 1.38 bits per heavy atom. The summed E-state index contributed by atoms with van der Waals surface area (Å²) < 4.78 is 21.7. The molecule has 0 aliphatic rings. The van der Waals surface area contributed by atoms with Crippen LogP contribution in [0.3, 0.4) is 0 Å². The van der Waals surface area contributed by atoms with Gasteiger partial charge in [-0.05, 0) is 12.8 Å². The number of amides is 1. The lowest BCUT2D eigenvalue weighted by Gasteiger charge is -2.17. The normalized spacial score (nSPS) is 12.6. The van der Waals surface area contributed by atoms with E-state index in [1.165, 1.54) is 21.1 Å². The highest BCUT2D eigenvalue weighted by Crippen LogP contribution is 2.53. The Bertz CT molecular complexity index is 293. The minimum atomic E-state index is -3.36. The van der Waals surface area contributed by atoms with Crippen LogP contribution in [-0.4, -0.2) is 20.1 Å². The summed E-state index contributed by atoms with van der Waals surface area (Å²) in [6.45, 7) is 3.40. The van der Waals surface area contributed by atoms with Crippen LogP contribution in [0.15, 0.2) is 11.5 Å². The Labute approximate surface area is 96.7 Å². The van der Waals surface area contributed by atoms with Crippen LogP contribution in [0.25, 0.3) is 0 Å². The number of unbranched alkanes of at least 4 members (excludes halogenated alkanes) is 2. The summed E-state index contributed by atoms with van der Waals surface area (Å²) in [5.74, 6) is -0.294. The monoisotopic (exact) mass is 249 g/mol. The van der Waals surface area contributed by atoms with Crippen molar-refractivity contribution >= 4 is 13.5 Å². The maximum atomic E-state index is 12.1. The largest absolute Gasteiger partial charge is 0.376 e. The van der Waals surface area contributed by atoms with Gasteiger partial charge in [0.15, 0.2) is 0 Å². The standard InChI is InChI=1S/C10H20NO4P/c1-5-6-7-8-10(11-9(2)12)16(13,14-3)15-4/h8H,5-7H2,1-4H3,(H,11,12)/b10-8+. The fourth-order valence-corrected chi connectivity index (χ4v) is 2.32. The van der Waals surface area contributed by atoms with Crippen LogP contribution in [0.5, 0.6) is 0 Å². The zero-order chi connectivity index (χ0) is 12.6. The number of allylic oxidation sites excluding steroid dienone is 1. The third-order valence-electron chi connectivity index (χ3n) is 1.98. The summed E-state index contributed by atoms with van der Waals surface area (Å²) in [6, 6.07) is 0. The highest BCUT2D eigenvalue weighted by atomic mass is 31.2. The molecule has 0 atom stereocenters. The maximum Gasteiger partial charge on any atom is 0.376 e. The molecule has 94 valence electrons. The zero-order valence-corrected chi connectivity index (χ0v) is 11.2. The molecule has 0 aliphatic heterocycles. The van der Waals surface area contributed by atoms with Crippen LogP contribution in [0.2, 0.25) is 0 Å². The van der Waals surface area contributed by atoms with Crippen LogP contribution in [0, 0.1) is 0 Å². The van der Waals surface area contributed by atoms with Gasteiger partial charge in [0.25, 0.3) is 0 Å². The van der Waals surface area contributed by atoms with Crippen molar-refractivity contribution < 1.29 is 18.4 Å². The van der Waals surface area contributed by atoms with E-state index in [1.54, 1.807) is 6.08 Å². The number of carbonyl (C=O) groups excluding carboxylic acids is 1. The van der Waals surface area contributed by atoms with E-state index in [9.17, 15) is 9.36 Å². The van der Waals surface area contributed by atoms with Crippen molar-refractivity contribution in [1.29, 1.82) is 0 Å². The average Bonchev–Trinajstić information content (AvgIpc) is 2.26. The first-order valence-corrected chi connectivity index (χ1v) is 6.74. The molecule has 0 aromatic heterocycles. The first-order valence-electron chi connectivity index (χ1n) is 5.20. The summed E-state index contributed by atoms with van der Waals surface area (Å²) in [4.78, 5) is 11.0. The van der Waals surface area contributed by atoms with Gasteiger partial charge in [-0.3, -0.25) is 9.36 Å². The van der Waals surface area contributed by atoms with Gasteiger partial charge < -0.3 is 14.4 Å². The minimum Gasteiger partial charge on any atom is -0.320 e.